The van der Waals surface area contributed by atoms with E-state index in [-0.39, 0.29) is 0 Å². The molecule has 2 heteroatoms. The normalized spacial score (nSPS) is 40.9. The molecule has 1 aliphatic heterocycles. The fourth-order valence-corrected chi connectivity index (χ4v) is 2.91. The molecule has 3 atom stereocenters. The second-order valence-corrected chi connectivity index (χ2v) is 5.48. The fourth-order valence-electron chi connectivity index (χ4n) is 2.91. The van der Waals surface area contributed by atoms with Gasteiger partial charge in [0.2, 0.25) is 0 Å². The van der Waals surface area contributed by atoms with E-state index in [0.717, 1.165) is 30.3 Å². The summed E-state index contributed by atoms with van der Waals surface area (Å²) in [6, 6.07) is 0.879. The Morgan fingerprint density at radius 3 is 2.43 bits per heavy atom. The van der Waals surface area contributed by atoms with Crippen molar-refractivity contribution in [2.24, 2.45) is 23.5 Å². The first kappa shape index (κ1) is 10.4. The van der Waals surface area contributed by atoms with Crippen LogP contribution in [0.5, 0.6) is 0 Å². The van der Waals surface area contributed by atoms with Gasteiger partial charge in [-0.2, -0.15) is 0 Å². The molecular formula is C12H24N2. The van der Waals surface area contributed by atoms with Crippen molar-refractivity contribution in [2.75, 3.05) is 19.6 Å². The topological polar surface area (TPSA) is 29.3 Å². The van der Waals surface area contributed by atoms with E-state index in [2.05, 4.69) is 18.7 Å². The Kier molecular flexibility index (Phi) is 3.13. The van der Waals surface area contributed by atoms with Crippen LogP contribution in [0.15, 0.2) is 0 Å². The fraction of sp³-hybridized carbons (Fsp3) is 1.00. The third-order valence-electron chi connectivity index (χ3n) is 4.41. The maximum atomic E-state index is 5.65. The summed E-state index contributed by atoms with van der Waals surface area (Å²) >= 11 is 0. The zero-order valence-corrected chi connectivity index (χ0v) is 9.58. The van der Waals surface area contributed by atoms with Gasteiger partial charge in [0.15, 0.2) is 0 Å². The van der Waals surface area contributed by atoms with Crippen molar-refractivity contribution < 1.29 is 0 Å². The maximum Gasteiger partial charge on any atom is 0.00982 e. The Morgan fingerprint density at radius 2 is 1.86 bits per heavy atom. The van der Waals surface area contributed by atoms with Crippen LogP contribution < -0.4 is 5.73 Å². The van der Waals surface area contributed by atoms with Crippen LogP contribution in [-0.4, -0.2) is 30.6 Å². The molecule has 2 nitrogen and oxygen atoms in total. The predicted octanol–water partition coefficient (Wildman–Crippen LogP) is 1.70. The first-order valence-electron chi connectivity index (χ1n) is 6.14. The van der Waals surface area contributed by atoms with Gasteiger partial charge >= 0.3 is 0 Å². The van der Waals surface area contributed by atoms with Gasteiger partial charge in [0.05, 0.1) is 0 Å². The number of nitrogens with zero attached hydrogens (tertiary/aromatic N) is 1. The maximum absolute atomic E-state index is 5.65. The molecule has 0 radical (unpaired) electrons. The quantitative estimate of drug-likeness (QED) is 0.728. The van der Waals surface area contributed by atoms with Crippen LogP contribution in [0.3, 0.4) is 0 Å². The van der Waals surface area contributed by atoms with E-state index in [0.29, 0.717) is 0 Å². The summed E-state index contributed by atoms with van der Waals surface area (Å²) in [5.41, 5.74) is 5.65. The lowest BCUT2D eigenvalue weighted by Crippen LogP contribution is -2.55. The van der Waals surface area contributed by atoms with Crippen LogP contribution in [0, 0.1) is 17.8 Å². The van der Waals surface area contributed by atoms with E-state index >= 15 is 0 Å². The molecule has 2 fully saturated rings. The van der Waals surface area contributed by atoms with Crippen molar-refractivity contribution in [3.63, 3.8) is 0 Å². The van der Waals surface area contributed by atoms with E-state index in [1.165, 1.54) is 32.4 Å². The highest BCUT2D eigenvalue weighted by Gasteiger charge is 2.34. The Bertz CT molecular complexity index is 187. The Morgan fingerprint density at radius 1 is 1.14 bits per heavy atom. The highest BCUT2D eigenvalue weighted by Crippen LogP contribution is 2.34. The summed E-state index contributed by atoms with van der Waals surface area (Å²) < 4.78 is 0. The van der Waals surface area contributed by atoms with Crippen LogP contribution in [-0.2, 0) is 0 Å². The van der Waals surface area contributed by atoms with Gasteiger partial charge in [-0.3, -0.25) is 4.90 Å². The molecule has 2 rings (SSSR count). The van der Waals surface area contributed by atoms with Gasteiger partial charge in [0, 0.05) is 19.1 Å². The summed E-state index contributed by atoms with van der Waals surface area (Å²) in [4.78, 5) is 2.65. The number of hydrogen-bond acceptors (Lipinski definition) is 2. The molecule has 0 bridgehead atoms. The van der Waals surface area contributed by atoms with Crippen molar-refractivity contribution in [2.45, 2.75) is 39.2 Å². The molecule has 1 saturated heterocycles. The largest absolute Gasteiger partial charge is 0.330 e. The van der Waals surface area contributed by atoms with Crippen LogP contribution in [0.4, 0.5) is 0 Å². The number of hydrogen-bond donors (Lipinski definition) is 1. The summed E-state index contributed by atoms with van der Waals surface area (Å²) in [6.07, 6.45) is 4.26. The van der Waals surface area contributed by atoms with E-state index < -0.39 is 0 Å². The van der Waals surface area contributed by atoms with Crippen molar-refractivity contribution >= 4 is 0 Å². The Balaban J connectivity index is 1.78. The first-order chi connectivity index (χ1) is 6.70. The van der Waals surface area contributed by atoms with Crippen molar-refractivity contribution in [1.82, 2.24) is 4.90 Å². The summed E-state index contributed by atoms with van der Waals surface area (Å²) in [5, 5.41) is 0. The van der Waals surface area contributed by atoms with Gasteiger partial charge in [0.1, 0.15) is 0 Å². The minimum atomic E-state index is 0.796. The predicted molar refractivity (Wildman–Crippen MR) is 60.1 cm³/mol. The Labute approximate surface area is 87.8 Å². The van der Waals surface area contributed by atoms with Gasteiger partial charge in [-0.15, -0.1) is 0 Å². The molecule has 0 amide bonds. The van der Waals surface area contributed by atoms with Crippen LogP contribution >= 0.6 is 0 Å². The lowest BCUT2D eigenvalue weighted by molar-refractivity contribution is 0.0195. The van der Waals surface area contributed by atoms with Crippen molar-refractivity contribution in [3.8, 4) is 0 Å². The second-order valence-electron chi connectivity index (χ2n) is 5.48. The van der Waals surface area contributed by atoms with E-state index in [9.17, 15) is 0 Å². The average Bonchev–Trinajstić information content (AvgIpc) is 2.09. The van der Waals surface area contributed by atoms with Gasteiger partial charge < -0.3 is 5.73 Å². The Hall–Kier alpha value is -0.0800. The molecule has 3 unspecified atom stereocenters. The zero-order valence-electron chi connectivity index (χ0n) is 9.58. The SMILES string of the molecule is CC1CCC(N2CC(CN)C2)CC1C. The average molecular weight is 196 g/mol. The molecule has 0 spiro atoms. The molecule has 0 aromatic carbocycles. The van der Waals surface area contributed by atoms with Gasteiger partial charge in [0.25, 0.3) is 0 Å². The second kappa shape index (κ2) is 4.19. The lowest BCUT2D eigenvalue weighted by Gasteiger charge is -2.47. The molecule has 1 heterocycles. The minimum Gasteiger partial charge on any atom is -0.330 e. The zero-order chi connectivity index (χ0) is 10.1. The van der Waals surface area contributed by atoms with Gasteiger partial charge in [-0.25, -0.2) is 0 Å². The van der Waals surface area contributed by atoms with Crippen molar-refractivity contribution in [3.05, 3.63) is 0 Å². The number of likely N-dealkylation sites (tertiary alicyclic amines) is 1. The molecular weight excluding hydrogens is 172 g/mol. The summed E-state index contributed by atoms with van der Waals surface area (Å²) in [7, 11) is 0. The van der Waals surface area contributed by atoms with Gasteiger partial charge in [-0.05, 0) is 43.6 Å². The van der Waals surface area contributed by atoms with Crippen LogP contribution in [0.2, 0.25) is 0 Å². The molecule has 82 valence electrons. The minimum absolute atomic E-state index is 0.796. The molecule has 1 saturated carbocycles. The third kappa shape index (κ3) is 1.96. The lowest BCUT2D eigenvalue weighted by atomic mass is 9.77. The number of nitrogens with two attached hydrogens (primary N) is 1. The molecule has 2 N–H and O–H groups in total. The molecule has 2 aliphatic rings. The highest BCUT2D eigenvalue weighted by atomic mass is 15.2. The van der Waals surface area contributed by atoms with E-state index in [1.807, 2.05) is 0 Å². The van der Waals surface area contributed by atoms with Crippen LogP contribution in [0.25, 0.3) is 0 Å². The van der Waals surface area contributed by atoms with Crippen LogP contribution in [0.1, 0.15) is 33.1 Å². The molecule has 14 heavy (non-hydrogen) atoms. The molecule has 1 aliphatic carbocycles. The summed E-state index contributed by atoms with van der Waals surface area (Å²) in [5.74, 6) is 2.66. The first-order valence-corrected chi connectivity index (χ1v) is 6.14. The standard InChI is InChI=1S/C12H24N2/c1-9-3-4-12(5-10(9)2)14-7-11(6-13)8-14/h9-12H,3-8,13H2,1-2H3. The van der Waals surface area contributed by atoms with Crippen molar-refractivity contribution in [1.29, 1.82) is 0 Å². The molecule has 0 aromatic heterocycles. The smallest absolute Gasteiger partial charge is 0.00982 e. The van der Waals surface area contributed by atoms with E-state index in [4.69, 9.17) is 5.73 Å². The monoisotopic (exact) mass is 196 g/mol. The third-order valence-corrected chi connectivity index (χ3v) is 4.41. The van der Waals surface area contributed by atoms with E-state index in [1.54, 1.807) is 0 Å². The molecule has 0 aromatic rings. The summed E-state index contributed by atoms with van der Waals surface area (Å²) in [6.45, 7) is 8.23. The highest BCUT2D eigenvalue weighted by molar-refractivity contribution is 4.89. The number of rotatable bonds is 2. The van der Waals surface area contributed by atoms with Gasteiger partial charge in [-0.1, -0.05) is 13.8 Å².